The van der Waals surface area contributed by atoms with E-state index in [9.17, 15) is 8.42 Å². The molecular weight excluding hydrogens is 235 g/mol. The lowest BCUT2D eigenvalue weighted by Crippen LogP contribution is -1.97. The van der Waals surface area contributed by atoms with E-state index in [2.05, 4.69) is 4.98 Å². The highest BCUT2D eigenvalue weighted by Crippen LogP contribution is 2.18. The van der Waals surface area contributed by atoms with Crippen LogP contribution in [0.4, 0.5) is 0 Å². The predicted molar refractivity (Wildman–Crippen MR) is 47.0 cm³/mol. The second kappa shape index (κ2) is 3.50. The van der Waals surface area contributed by atoms with Crippen molar-refractivity contribution in [3.8, 4) is 6.07 Å². The molecule has 0 aromatic carbocycles. The number of rotatable bonds is 1. The molecule has 0 atom stereocenters. The van der Waals surface area contributed by atoms with Crippen molar-refractivity contribution in [2.24, 2.45) is 0 Å². The monoisotopic (exact) mass is 236 g/mol. The second-order valence-corrected chi connectivity index (χ2v) is 4.95. The third kappa shape index (κ3) is 2.31. The summed E-state index contributed by atoms with van der Waals surface area (Å²) in [6.45, 7) is 0. The van der Waals surface area contributed by atoms with Crippen LogP contribution in [-0.4, -0.2) is 13.4 Å². The minimum Gasteiger partial charge on any atom is -0.223 e. The molecule has 1 rings (SSSR count). The molecule has 0 radical (unpaired) electrons. The van der Waals surface area contributed by atoms with Gasteiger partial charge in [-0.3, -0.25) is 0 Å². The Labute approximate surface area is 84.1 Å². The number of nitrogens with zero attached hydrogens (tertiary/aromatic N) is 2. The van der Waals surface area contributed by atoms with Crippen LogP contribution in [0.2, 0.25) is 5.02 Å². The SMILES string of the molecule is N#Cc1nc(S(=O)(=O)Cl)ccc1Cl. The summed E-state index contributed by atoms with van der Waals surface area (Å²) in [6, 6.07) is 4.02. The average Bonchev–Trinajstić information content (AvgIpc) is 2.03. The number of pyridine rings is 1. The van der Waals surface area contributed by atoms with Gasteiger partial charge in [0.25, 0.3) is 9.05 Å². The second-order valence-electron chi connectivity index (χ2n) is 2.03. The summed E-state index contributed by atoms with van der Waals surface area (Å²) in [6.07, 6.45) is 0. The summed E-state index contributed by atoms with van der Waals surface area (Å²) in [5.41, 5.74) is -0.164. The van der Waals surface area contributed by atoms with E-state index in [1.54, 1.807) is 6.07 Å². The van der Waals surface area contributed by atoms with E-state index in [-0.39, 0.29) is 15.7 Å². The molecule has 7 heteroatoms. The lowest BCUT2D eigenvalue weighted by molar-refractivity contribution is 0.606. The molecule has 0 N–H and O–H groups in total. The summed E-state index contributed by atoms with van der Waals surface area (Å²) in [5.74, 6) is 0. The van der Waals surface area contributed by atoms with E-state index in [1.165, 1.54) is 6.07 Å². The van der Waals surface area contributed by atoms with Gasteiger partial charge in [-0.15, -0.1) is 0 Å². The molecule has 4 nitrogen and oxygen atoms in total. The van der Waals surface area contributed by atoms with E-state index in [4.69, 9.17) is 27.5 Å². The number of hydrogen-bond acceptors (Lipinski definition) is 4. The minimum absolute atomic E-state index is 0.0894. The quantitative estimate of drug-likeness (QED) is 0.694. The highest BCUT2D eigenvalue weighted by atomic mass is 35.7. The third-order valence-electron chi connectivity index (χ3n) is 1.18. The molecule has 0 spiro atoms. The molecule has 0 aliphatic carbocycles. The zero-order chi connectivity index (χ0) is 10.1. The Kier molecular flexibility index (Phi) is 2.76. The molecule has 1 aromatic heterocycles. The molecule has 13 heavy (non-hydrogen) atoms. The lowest BCUT2D eigenvalue weighted by Gasteiger charge is -1.96. The van der Waals surface area contributed by atoms with Gasteiger partial charge in [0.05, 0.1) is 5.02 Å². The molecule has 1 aromatic rings. The largest absolute Gasteiger partial charge is 0.278 e. The van der Waals surface area contributed by atoms with Gasteiger partial charge < -0.3 is 0 Å². The topological polar surface area (TPSA) is 70.8 Å². The number of nitriles is 1. The summed E-state index contributed by atoms with van der Waals surface area (Å²) >= 11 is 5.52. The first-order valence-electron chi connectivity index (χ1n) is 2.96. The van der Waals surface area contributed by atoms with Crippen molar-refractivity contribution < 1.29 is 8.42 Å². The van der Waals surface area contributed by atoms with Crippen molar-refractivity contribution >= 4 is 31.3 Å². The van der Waals surface area contributed by atoms with Gasteiger partial charge in [-0.2, -0.15) is 5.26 Å². The standard InChI is InChI=1S/C6H2Cl2N2O2S/c7-4-1-2-6(13(8,11)12)10-5(4)3-9/h1-2H. The van der Waals surface area contributed by atoms with E-state index in [1.807, 2.05) is 0 Å². The van der Waals surface area contributed by atoms with Crippen molar-refractivity contribution in [3.05, 3.63) is 22.8 Å². The molecule has 0 bridgehead atoms. The predicted octanol–water partition coefficient (Wildman–Crippen LogP) is 1.53. The van der Waals surface area contributed by atoms with Crippen LogP contribution in [0.1, 0.15) is 5.69 Å². The van der Waals surface area contributed by atoms with Crippen molar-refractivity contribution in [1.82, 2.24) is 4.98 Å². The van der Waals surface area contributed by atoms with Crippen LogP contribution in [0, 0.1) is 11.3 Å². The molecule has 0 saturated heterocycles. The molecule has 68 valence electrons. The Morgan fingerprint density at radius 2 is 2.08 bits per heavy atom. The summed E-state index contributed by atoms with van der Waals surface area (Å²) in [7, 11) is 1.10. The first-order chi connectivity index (χ1) is 5.95. The molecule has 0 aliphatic heterocycles. The maximum Gasteiger partial charge on any atom is 0.278 e. The average molecular weight is 237 g/mol. The third-order valence-corrected chi connectivity index (χ3v) is 2.68. The van der Waals surface area contributed by atoms with Crippen molar-refractivity contribution in [2.75, 3.05) is 0 Å². The Hall–Kier alpha value is -0.830. The molecule has 0 fully saturated rings. The summed E-state index contributed by atoms with van der Waals surface area (Å²) < 4.78 is 21.5. The van der Waals surface area contributed by atoms with Crippen LogP contribution in [0.15, 0.2) is 17.2 Å². The zero-order valence-electron chi connectivity index (χ0n) is 6.03. The normalized spacial score (nSPS) is 10.8. The smallest absolute Gasteiger partial charge is 0.223 e. The number of aromatic nitrogens is 1. The van der Waals surface area contributed by atoms with E-state index >= 15 is 0 Å². The molecule has 1 heterocycles. The fraction of sp³-hybridized carbons (Fsp3) is 0. The molecule has 0 amide bonds. The Morgan fingerprint density at radius 1 is 1.46 bits per heavy atom. The van der Waals surface area contributed by atoms with Gasteiger partial charge in [-0.25, -0.2) is 13.4 Å². The molecule has 0 unspecified atom stereocenters. The van der Waals surface area contributed by atoms with Gasteiger partial charge in [0.2, 0.25) is 0 Å². The Balaban J connectivity index is 3.41. The fourth-order valence-electron chi connectivity index (χ4n) is 0.638. The first-order valence-corrected chi connectivity index (χ1v) is 5.65. The Bertz CT molecular complexity index is 478. The van der Waals surface area contributed by atoms with Crippen LogP contribution >= 0.6 is 22.3 Å². The van der Waals surface area contributed by atoms with Gasteiger partial charge in [-0.05, 0) is 12.1 Å². The fourth-order valence-corrected chi connectivity index (χ4v) is 1.47. The van der Waals surface area contributed by atoms with Crippen LogP contribution < -0.4 is 0 Å². The molecule has 0 aliphatic rings. The Morgan fingerprint density at radius 3 is 2.54 bits per heavy atom. The van der Waals surface area contributed by atoms with E-state index < -0.39 is 9.05 Å². The van der Waals surface area contributed by atoms with Gasteiger partial charge >= 0.3 is 0 Å². The van der Waals surface area contributed by atoms with Crippen molar-refractivity contribution in [2.45, 2.75) is 5.03 Å². The highest BCUT2D eigenvalue weighted by Gasteiger charge is 2.13. The van der Waals surface area contributed by atoms with Gasteiger partial charge in [-0.1, -0.05) is 11.6 Å². The molecular formula is C6H2Cl2N2O2S. The van der Waals surface area contributed by atoms with E-state index in [0.717, 1.165) is 6.07 Å². The van der Waals surface area contributed by atoms with Gasteiger partial charge in [0.1, 0.15) is 6.07 Å². The first kappa shape index (κ1) is 10.3. The minimum atomic E-state index is -3.90. The van der Waals surface area contributed by atoms with Gasteiger partial charge in [0, 0.05) is 10.7 Å². The number of hydrogen-bond donors (Lipinski definition) is 0. The van der Waals surface area contributed by atoms with Crippen molar-refractivity contribution in [1.29, 1.82) is 5.26 Å². The van der Waals surface area contributed by atoms with Crippen LogP contribution in [0.25, 0.3) is 0 Å². The van der Waals surface area contributed by atoms with E-state index in [0.29, 0.717) is 0 Å². The number of halogens is 2. The maximum atomic E-state index is 10.8. The molecule has 0 saturated carbocycles. The van der Waals surface area contributed by atoms with Crippen LogP contribution in [0.5, 0.6) is 0 Å². The zero-order valence-corrected chi connectivity index (χ0v) is 8.36. The van der Waals surface area contributed by atoms with Crippen molar-refractivity contribution in [3.63, 3.8) is 0 Å². The van der Waals surface area contributed by atoms with Gasteiger partial charge in [0.15, 0.2) is 10.7 Å². The summed E-state index contributed by atoms with van der Waals surface area (Å²) in [5, 5.41) is 8.18. The maximum absolute atomic E-state index is 10.8. The highest BCUT2D eigenvalue weighted by molar-refractivity contribution is 8.13. The summed E-state index contributed by atoms with van der Waals surface area (Å²) in [4.78, 5) is 3.45. The lowest BCUT2D eigenvalue weighted by atomic mass is 10.4. The van der Waals surface area contributed by atoms with Crippen LogP contribution in [0.3, 0.4) is 0 Å². The van der Waals surface area contributed by atoms with Crippen LogP contribution in [-0.2, 0) is 9.05 Å².